The van der Waals surface area contributed by atoms with Crippen LogP contribution in [0.25, 0.3) is 0 Å². The Balaban J connectivity index is 1.40. The van der Waals surface area contributed by atoms with Crippen LogP contribution in [-0.4, -0.2) is 44.2 Å². The number of carbonyl (C=O) groups excluding carboxylic acids is 1. The van der Waals surface area contributed by atoms with Gasteiger partial charge in [-0.2, -0.15) is 5.26 Å². The van der Waals surface area contributed by atoms with Gasteiger partial charge < -0.3 is 19.7 Å². The van der Waals surface area contributed by atoms with E-state index in [1.165, 1.54) is 0 Å². The maximum Gasteiger partial charge on any atom is 0.257 e. The van der Waals surface area contributed by atoms with Crippen molar-refractivity contribution in [3.8, 4) is 17.6 Å². The van der Waals surface area contributed by atoms with Crippen molar-refractivity contribution in [3.63, 3.8) is 0 Å². The van der Waals surface area contributed by atoms with E-state index in [2.05, 4.69) is 21.3 Å². The third-order valence-electron chi connectivity index (χ3n) is 4.82. The molecule has 0 atom stereocenters. The topological polar surface area (TPSA) is 87.5 Å². The molecule has 7 nitrogen and oxygen atoms in total. The van der Waals surface area contributed by atoms with Crippen LogP contribution in [-0.2, 0) is 4.79 Å². The van der Waals surface area contributed by atoms with Crippen LogP contribution in [0.3, 0.4) is 0 Å². The molecule has 1 aromatic carbocycles. The standard InChI is InChI=1S/C21H24N4O3/c1-27-18-5-2-6-19(12-18)28-15-20(26)24-14-16-7-10-25(11-8-16)21-17(13-22)4-3-9-23-21/h2-6,9,12,16H,7-8,10-11,14-15H2,1H3,(H,24,26). The Bertz CT molecular complexity index is 842. The number of hydrogen-bond acceptors (Lipinski definition) is 6. The van der Waals surface area contributed by atoms with Crippen LogP contribution in [0.1, 0.15) is 18.4 Å². The van der Waals surface area contributed by atoms with E-state index >= 15 is 0 Å². The number of nitrogens with one attached hydrogen (secondary N) is 1. The van der Waals surface area contributed by atoms with Gasteiger partial charge in [0.1, 0.15) is 23.4 Å². The molecule has 0 radical (unpaired) electrons. The van der Waals surface area contributed by atoms with Crippen LogP contribution >= 0.6 is 0 Å². The number of carbonyl (C=O) groups is 1. The Labute approximate surface area is 164 Å². The minimum Gasteiger partial charge on any atom is -0.497 e. The molecule has 0 aliphatic carbocycles. The highest BCUT2D eigenvalue weighted by Crippen LogP contribution is 2.24. The molecule has 1 aliphatic heterocycles. The number of amides is 1. The van der Waals surface area contributed by atoms with Gasteiger partial charge in [0.25, 0.3) is 5.91 Å². The molecule has 1 saturated heterocycles. The smallest absolute Gasteiger partial charge is 0.257 e. The van der Waals surface area contributed by atoms with E-state index in [1.807, 2.05) is 12.1 Å². The van der Waals surface area contributed by atoms with Gasteiger partial charge in [0.15, 0.2) is 6.61 Å². The molecular formula is C21H24N4O3. The number of ether oxygens (including phenoxy) is 2. The van der Waals surface area contributed by atoms with E-state index in [0.29, 0.717) is 29.5 Å². The van der Waals surface area contributed by atoms with Crippen molar-refractivity contribution in [1.29, 1.82) is 5.26 Å². The van der Waals surface area contributed by atoms with E-state index in [0.717, 1.165) is 31.7 Å². The van der Waals surface area contributed by atoms with Crippen molar-refractivity contribution in [2.45, 2.75) is 12.8 Å². The first-order chi connectivity index (χ1) is 13.7. The fourth-order valence-corrected chi connectivity index (χ4v) is 3.23. The predicted molar refractivity (Wildman–Crippen MR) is 105 cm³/mol. The Kier molecular flexibility index (Phi) is 6.68. The Morgan fingerprint density at radius 2 is 2.07 bits per heavy atom. The number of pyridine rings is 1. The molecule has 1 amide bonds. The van der Waals surface area contributed by atoms with Crippen LogP contribution in [0.2, 0.25) is 0 Å². The average molecular weight is 380 g/mol. The molecule has 1 aromatic heterocycles. The SMILES string of the molecule is COc1cccc(OCC(=O)NCC2CCN(c3ncccc3C#N)CC2)c1. The van der Waals surface area contributed by atoms with Gasteiger partial charge in [-0.1, -0.05) is 6.07 Å². The third-order valence-corrected chi connectivity index (χ3v) is 4.82. The lowest BCUT2D eigenvalue weighted by Gasteiger charge is -2.33. The van der Waals surface area contributed by atoms with E-state index < -0.39 is 0 Å². The fraction of sp³-hybridized carbons (Fsp3) is 0.381. The molecule has 1 fully saturated rings. The summed E-state index contributed by atoms with van der Waals surface area (Å²) in [5.41, 5.74) is 0.601. The van der Waals surface area contributed by atoms with Crippen LogP contribution in [0.4, 0.5) is 5.82 Å². The van der Waals surface area contributed by atoms with Crippen molar-refractivity contribution in [2.75, 3.05) is 38.3 Å². The lowest BCUT2D eigenvalue weighted by Crippen LogP contribution is -2.40. The van der Waals surface area contributed by atoms with Gasteiger partial charge in [-0.3, -0.25) is 4.79 Å². The summed E-state index contributed by atoms with van der Waals surface area (Å²) in [5.74, 6) is 2.32. The van der Waals surface area contributed by atoms with Gasteiger partial charge in [-0.15, -0.1) is 0 Å². The number of rotatable bonds is 7. The zero-order chi connectivity index (χ0) is 19.8. The molecule has 1 N–H and O–H groups in total. The lowest BCUT2D eigenvalue weighted by atomic mass is 9.96. The molecular weight excluding hydrogens is 356 g/mol. The van der Waals surface area contributed by atoms with Gasteiger partial charge in [-0.05, 0) is 43.0 Å². The highest BCUT2D eigenvalue weighted by Gasteiger charge is 2.22. The van der Waals surface area contributed by atoms with Gasteiger partial charge in [0.05, 0.1) is 12.7 Å². The quantitative estimate of drug-likeness (QED) is 0.793. The zero-order valence-electron chi connectivity index (χ0n) is 15.9. The molecule has 28 heavy (non-hydrogen) atoms. The van der Waals surface area contributed by atoms with Gasteiger partial charge >= 0.3 is 0 Å². The van der Waals surface area contributed by atoms with Gasteiger partial charge in [0, 0.05) is 31.9 Å². The van der Waals surface area contributed by atoms with Crippen molar-refractivity contribution in [2.24, 2.45) is 5.92 Å². The molecule has 2 aromatic rings. The second-order valence-electron chi connectivity index (χ2n) is 6.69. The Hall–Kier alpha value is -3.27. The summed E-state index contributed by atoms with van der Waals surface area (Å²) in [6, 6.07) is 12.9. The molecule has 0 spiro atoms. The minimum atomic E-state index is -0.137. The summed E-state index contributed by atoms with van der Waals surface area (Å²) in [4.78, 5) is 18.5. The first-order valence-electron chi connectivity index (χ1n) is 9.33. The first-order valence-corrected chi connectivity index (χ1v) is 9.33. The zero-order valence-corrected chi connectivity index (χ0v) is 15.9. The number of methoxy groups -OCH3 is 1. The van der Waals surface area contributed by atoms with Crippen LogP contribution in [0.15, 0.2) is 42.6 Å². The van der Waals surface area contributed by atoms with Crippen molar-refractivity contribution in [1.82, 2.24) is 10.3 Å². The number of piperidine rings is 1. The van der Waals surface area contributed by atoms with Crippen LogP contribution in [0.5, 0.6) is 11.5 Å². The van der Waals surface area contributed by atoms with Crippen molar-refractivity contribution >= 4 is 11.7 Å². The van der Waals surface area contributed by atoms with Crippen molar-refractivity contribution < 1.29 is 14.3 Å². The van der Waals surface area contributed by atoms with Crippen LogP contribution < -0.4 is 19.7 Å². The van der Waals surface area contributed by atoms with Gasteiger partial charge in [0.2, 0.25) is 0 Å². The molecule has 146 valence electrons. The summed E-state index contributed by atoms with van der Waals surface area (Å²) in [5, 5.41) is 12.2. The van der Waals surface area contributed by atoms with Gasteiger partial charge in [-0.25, -0.2) is 4.98 Å². The molecule has 1 aliphatic rings. The highest BCUT2D eigenvalue weighted by atomic mass is 16.5. The number of hydrogen-bond donors (Lipinski definition) is 1. The summed E-state index contributed by atoms with van der Waals surface area (Å²) < 4.78 is 10.6. The summed E-state index contributed by atoms with van der Waals surface area (Å²) in [6.45, 7) is 2.26. The first kappa shape index (κ1) is 19.5. The van der Waals surface area contributed by atoms with Crippen LogP contribution in [0, 0.1) is 17.2 Å². The summed E-state index contributed by atoms with van der Waals surface area (Å²) in [6.07, 6.45) is 3.60. The average Bonchev–Trinajstić information content (AvgIpc) is 2.76. The van der Waals surface area contributed by atoms with E-state index in [-0.39, 0.29) is 12.5 Å². The predicted octanol–water partition coefficient (Wildman–Crippen LogP) is 2.37. The van der Waals surface area contributed by atoms with E-state index in [1.54, 1.807) is 37.6 Å². The molecule has 0 bridgehead atoms. The Morgan fingerprint density at radius 1 is 1.29 bits per heavy atom. The highest BCUT2D eigenvalue weighted by molar-refractivity contribution is 5.77. The van der Waals surface area contributed by atoms with E-state index in [4.69, 9.17) is 9.47 Å². The summed E-state index contributed by atoms with van der Waals surface area (Å²) in [7, 11) is 1.59. The molecule has 0 unspecified atom stereocenters. The summed E-state index contributed by atoms with van der Waals surface area (Å²) >= 11 is 0. The van der Waals surface area contributed by atoms with E-state index in [9.17, 15) is 10.1 Å². The fourth-order valence-electron chi connectivity index (χ4n) is 3.23. The molecule has 0 saturated carbocycles. The number of aromatic nitrogens is 1. The monoisotopic (exact) mass is 380 g/mol. The van der Waals surface area contributed by atoms with Crippen molar-refractivity contribution in [3.05, 3.63) is 48.2 Å². The third kappa shape index (κ3) is 5.13. The largest absolute Gasteiger partial charge is 0.497 e. The second kappa shape index (κ2) is 9.60. The lowest BCUT2D eigenvalue weighted by molar-refractivity contribution is -0.123. The molecule has 3 rings (SSSR count). The number of anilines is 1. The second-order valence-corrected chi connectivity index (χ2v) is 6.69. The number of nitrogens with zero attached hydrogens (tertiary/aromatic N) is 3. The minimum absolute atomic E-state index is 0.0223. The molecule has 7 heteroatoms. The number of nitriles is 1. The molecule has 2 heterocycles. The maximum absolute atomic E-state index is 12.1. The Morgan fingerprint density at radius 3 is 2.82 bits per heavy atom. The number of benzene rings is 1. The normalized spacial score (nSPS) is 14.2. The maximum atomic E-state index is 12.1.